The van der Waals surface area contributed by atoms with Crippen LogP contribution in [0.4, 0.5) is 11.4 Å². The maximum absolute atomic E-state index is 13.0. The number of carbonyl (C=O) groups is 4. The minimum atomic E-state index is -1.04. The lowest BCUT2D eigenvalue weighted by Crippen LogP contribution is -2.26. The molecule has 0 saturated carbocycles. The molecule has 1 aliphatic carbocycles. The van der Waals surface area contributed by atoms with Crippen molar-refractivity contribution in [3.63, 3.8) is 0 Å². The summed E-state index contributed by atoms with van der Waals surface area (Å²) in [5, 5.41) is 13.5. The smallest absolute Gasteiger partial charge is 0.345 e. The highest BCUT2D eigenvalue weighted by Crippen LogP contribution is 2.31. The van der Waals surface area contributed by atoms with Gasteiger partial charge < -0.3 is 10.1 Å². The summed E-state index contributed by atoms with van der Waals surface area (Å²) in [5.41, 5.74) is 0.0824. The van der Waals surface area contributed by atoms with Crippen LogP contribution in [0.5, 0.6) is 0 Å². The van der Waals surface area contributed by atoms with E-state index in [4.69, 9.17) is 4.74 Å². The Bertz CT molecular complexity index is 1310. The highest BCUT2D eigenvalue weighted by molar-refractivity contribution is 6.30. The molecular formula is C23H14N2O7. The van der Waals surface area contributed by atoms with Crippen molar-refractivity contribution in [1.29, 1.82) is 0 Å². The number of para-hydroxylation sites is 1. The van der Waals surface area contributed by atoms with Crippen molar-refractivity contribution in [3.8, 4) is 0 Å². The predicted molar refractivity (Wildman–Crippen MR) is 112 cm³/mol. The molecule has 3 aromatic rings. The predicted octanol–water partition coefficient (Wildman–Crippen LogP) is 3.17. The first-order valence-corrected chi connectivity index (χ1v) is 9.40. The van der Waals surface area contributed by atoms with Crippen molar-refractivity contribution in [3.05, 3.63) is 105 Å². The van der Waals surface area contributed by atoms with E-state index < -0.39 is 34.9 Å². The molecule has 0 atom stereocenters. The zero-order chi connectivity index (χ0) is 22.8. The first-order valence-electron chi connectivity index (χ1n) is 9.40. The number of hydrogen-bond acceptors (Lipinski definition) is 7. The Balaban J connectivity index is 1.52. The number of esters is 1. The van der Waals surface area contributed by atoms with Crippen LogP contribution in [0.15, 0.2) is 66.7 Å². The molecule has 0 unspecified atom stereocenters. The van der Waals surface area contributed by atoms with Crippen molar-refractivity contribution in [2.45, 2.75) is 0 Å². The molecule has 4 rings (SSSR count). The number of amides is 1. The molecule has 0 aliphatic heterocycles. The van der Waals surface area contributed by atoms with Gasteiger partial charge in [0.15, 0.2) is 18.2 Å². The van der Waals surface area contributed by atoms with Crippen molar-refractivity contribution in [2.75, 3.05) is 11.9 Å². The van der Waals surface area contributed by atoms with Crippen molar-refractivity contribution in [1.82, 2.24) is 0 Å². The number of fused-ring (bicyclic) bond motifs is 2. The number of nitrogens with one attached hydrogen (secondary N) is 1. The van der Waals surface area contributed by atoms with Crippen LogP contribution in [-0.2, 0) is 9.53 Å². The number of hydrogen-bond donors (Lipinski definition) is 1. The molecule has 0 heterocycles. The van der Waals surface area contributed by atoms with Gasteiger partial charge >= 0.3 is 5.97 Å². The quantitative estimate of drug-likeness (QED) is 0.292. The van der Waals surface area contributed by atoms with E-state index >= 15 is 0 Å². The normalized spacial score (nSPS) is 11.9. The Hall–Kier alpha value is -4.66. The Labute approximate surface area is 180 Å². The minimum absolute atomic E-state index is 0.0505. The standard InChI is InChI=1S/C23H14N2O7/c26-19(12-32-23(29)15-8-3-4-11-18(15)25(30)31)24-17-10-5-9-16-20(17)22(28)14-7-2-1-6-13(14)21(16)27/h1-11H,12H2,(H,24,26). The summed E-state index contributed by atoms with van der Waals surface area (Å²) in [4.78, 5) is 60.6. The molecule has 1 amide bonds. The molecule has 1 N–H and O–H groups in total. The molecule has 9 nitrogen and oxygen atoms in total. The molecule has 3 aromatic carbocycles. The van der Waals surface area contributed by atoms with Gasteiger partial charge in [-0.3, -0.25) is 24.5 Å². The Kier molecular flexibility index (Phi) is 5.30. The second-order valence-electron chi connectivity index (χ2n) is 6.83. The zero-order valence-electron chi connectivity index (χ0n) is 16.4. The highest BCUT2D eigenvalue weighted by Gasteiger charge is 2.31. The maximum Gasteiger partial charge on any atom is 0.345 e. The van der Waals surface area contributed by atoms with E-state index in [1.54, 1.807) is 18.2 Å². The SMILES string of the molecule is O=C(COC(=O)c1ccccc1[N+](=O)[O-])Nc1cccc2c1C(=O)c1ccccc1C2=O. The number of nitro benzene ring substituents is 1. The largest absolute Gasteiger partial charge is 0.452 e. The van der Waals surface area contributed by atoms with Gasteiger partial charge in [0.05, 0.1) is 16.2 Å². The van der Waals surface area contributed by atoms with Crippen LogP contribution in [0.3, 0.4) is 0 Å². The third-order valence-electron chi connectivity index (χ3n) is 4.88. The van der Waals surface area contributed by atoms with Gasteiger partial charge in [-0.2, -0.15) is 0 Å². The number of carbonyl (C=O) groups excluding carboxylic acids is 4. The molecule has 0 fully saturated rings. The van der Waals surface area contributed by atoms with Gasteiger partial charge in [-0.05, 0) is 12.1 Å². The third-order valence-corrected chi connectivity index (χ3v) is 4.88. The summed E-state index contributed by atoms with van der Waals surface area (Å²) in [5.74, 6) is -2.57. The summed E-state index contributed by atoms with van der Waals surface area (Å²) < 4.78 is 4.89. The van der Waals surface area contributed by atoms with E-state index in [2.05, 4.69) is 5.32 Å². The molecule has 0 aromatic heterocycles. The second-order valence-corrected chi connectivity index (χ2v) is 6.83. The number of anilines is 1. The van der Waals surface area contributed by atoms with Gasteiger partial charge in [0.1, 0.15) is 5.56 Å². The number of ketones is 2. The fraction of sp³-hybridized carbons (Fsp3) is 0.0435. The second kappa shape index (κ2) is 8.23. The van der Waals surface area contributed by atoms with Gasteiger partial charge in [0.2, 0.25) is 0 Å². The molecule has 32 heavy (non-hydrogen) atoms. The van der Waals surface area contributed by atoms with E-state index in [9.17, 15) is 29.3 Å². The van der Waals surface area contributed by atoms with Crippen LogP contribution in [0.25, 0.3) is 0 Å². The lowest BCUT2D eigenvalue weighted by atomic mass is 9.83. The van der Waals surface area contributed by atoms with Crippen LogP contribution in [0.2, 0.25) is 0 Å². The van der Waals surface area contributed by atoms with Crippen LogP contribution < -0.4 is 5.32 Å². The lowest BCUT2D eigenvalue weighted by Gasteiger charge is -2.20. The van der Waals surface area contributed by atoms with Crippen molar-refractivity contribution in [2.24, 2.45) is 0 Å². The van der Waals surface area contributed by atoms with E-state index in [1.807, 2.05) is 0 Å². The summed E-state index contributed by atoms with van der Waals surface area (Å²) in [6, 6.07) is 16.1. The number of benzene rings is 3. The zero-order valence-corrected chi connectivity index (χ0v) is 16.4. The van der Waals surface area contributed by atoms with Crippen LogP contribution in [0, 0.1) is 10.1 Å². The lowest BCUT2D eigenvalue weighted by molar-refractivity contribution is -0.385. The fourth-order valence-corrected chi connectivity index (χ4v) is 3.45. The van der Waals surface area contributed by atoms with Crippen LogP contribution >= 0.6 is 0 Å². The molecule has 0 saturated heterocycles. The molecule has 0 spiro atoms. The van der Waals surface area contributed by atoms with E-state index in [0.717, 1.165) is 6.07 Å². The number of ether oxygens (including phenoxy) is 1. The van der Waals surface area contributed by atoms with Gasteiger partial charge in [-0.1, -0.05) is 48.5 Å². The summed E-state index contributed by atoms with van der Waals surface area (Å²) in [7, 11) is 0. The fourth-order valence-electron chi connectivity index (χ4n) is 3.45. The van der Waals surface area contributed by atoms with Crippen LogP contribution in [0.1, 0.15) is 42.2 Å². The summed E-state index contributed by atoms with van der Waals surface area (Å²) in [6.07, 6.45) is 0. The van der Waals surface area contributed by atoms with Gasteiger partial charge in [-0.25, -0.2) is 4.79 Å². The summed E-state index contributed by atoms with van der Waals surface area (Å²) in [6.45, 7) is -0.743. The van der Waals surface area contributed by atoms with Gasteiger partial charge in [0.25, 0.3) is 11.6 Å². The summed E-state index contributed by atoms with van der Waals surface area (Å²) >= 11 is 0. The Morgan fingerprint density at radius 2 is 1.47 bits per heavy atom. The van der Waals surface area contributed by atoms with Crippen molar-refractivity contribution >= 4 is 34.8 Å². The molecular weight excluding hydrogens is 416 g/mol. The van der Waals surface area contributed by atoms with Crippen molar-refractivity contribution < 1.29 is 28.8 Å². The Morgan fingerprint density at radius 3 is 2.19 bits per heavy atom. The van der Waals surface area contributed by atoms with E-state index in [0.29, 0.717) is 0 Å². The monoisotopic (exact) mass is 430 g/mol. The third kappa shape index (κ3) is 3.63. The van der Waals surface area contributed by atoms with Gasteiger partial charge in [0, 0.05) is 22.8 Å². The first kappa shape index (κ1) is 20.6. The van der Waals surface area contributed by atoms with E-state index in [1.165, 1.54) is 42.5 Å². The number of rotatable bonds is 5. The molecule has 0 radical (unpaired) electrons. The molecule has 9 heteroatoms. The first-order chi connectivity index (χ1) is 15.4. The van der Waals surface area contributed by atoms with Crippen LogP contribution in [-0.4, -0.2) is 35.0 Å². The average molecular weight is 430 g/mol. The van der Waals surface area contributed by atoms with Gasteiger partial charge in [-0.15, -0.1) is 0 Å². The van der Waals surface area contributed by atoms with E-state index in [-0.39, 0.29) is 39.3 Å². The maximum atomic E-state index is 13.0. The number of nitrogens with zero attached hydrogens (tertiary/aromatic N) is 1. The molecule has 158 valence electrons. The highest BCUT2D eigenvalue weighted by atomic mass is 16.6. The topological polar surface area (TPSA) is 133 Å². The minimum Gasteiger partial charge on any atom is -0.452 e. The molecule has 0 bridgehead atoms. The molecule has 1 aliphatic rings. The Morgan fingerprint density at radius 1 is 0.844 bits per heavy atom. The average Bonchev–Trinajstić information content (AvgIpc) is 2.81. The number of nitro groups is 1.